The molecule has 1 atom stereocenters. The highest BCUT2D eigenvalue weighted by atomic mass is 19.1. The Hall–Kier alpha value is -3.72. The molecule has 0 radical (unpaired) electrons. The number of hydrogen-bond donors (Lipinski definition) is 1. The molecule has 166 valence electrons. The van der Waals surface area contributed by atoms with Gasteiger partial charge in [-0.25, -0.2) is 4.39 Å². The lowest BCUT2D eigenvalue weighted by molar-refractivity contribution is -0.118. The maximum Gasteiger partial charge on any atom is 0.262 e. The van der Waals surface area contributed by atoms with Crippen LogP contribution < -0.4 is 10.1 Å². The first-order valence-electron chi connectivity index (χ1n) is 10.2. The average Bonchev–Trinajstić information content (AvgIpc) is 3.25. The molecule has 0 bridgehead atoms. The molecule has 1 N–H and O–H groups in total. The monoisotopic (exact) mass is 438 g/mol. The van der Waals surface area contributed by atoms with E-state index in [9.17, 15) is 14.0 Å². The van der Waals surface area contributed by atoms with Gasteiger partial charge in [-0.15, -0.1) is 0 Å². The van der Waals surface area contributed by atoms with Crippen molar-refractivity contribution in [2.45, 2.75) is 6.10 Å². The van der Waals surface area contributed by atoms with E-state index in [1.165, 1.54) is 18.2 Å². The highest BCUT2D eigenvalue weighted by molar-refractivity contribution is 5.97. The molecular weight excluding hydrogens is 415 g/mol. The van der Waals surface area contributed by atoms with Crippen molar-refractivity contribution in [1.29, 1.82) is 0 Å². The molecule has 0 unspecified atom stereocenters. The number of amides is 2. The second-order valence-corrected chi connectivity index (χ2v) is 7.37. The number of nitrogens with zero attached hydrogens (tertiary/aromatic N) is 3. The Balaban J connectivity index is 1.41. The standard InChI is InChI=1S/C23H23FN4O4/c1-27-13-16(12-25-27)21-14-28(10-11-31-21)23(30)17-6-2-5-9-20(17)32-15-22(29)26-19-8-4-3-7-18(19)24/h2-9,12-13,21H,10-11,14-15H2,1H3,(H,26,29)/t21-/m1/s1. The van der Waals surface area contributed by atoms with Gasteiger partial charge in [-0.2, -0.15) is 5.10 Å². The third-order valence-corrected chi connectivity index (χ3v) is 5.07. The van der Waals surface area contributed by atoms with Crippen LogP contribution in [0.5, 0.6) is 5.75 Å². The van der Waals surface area contributed by atoms with E-state index in [2.05, 4.69) is 10.4 Å². The van der Waals surface area contributed by atoms with E-state index in [0.29, 0.717) is 25.3 Å². The summed E-state index contributed by atoms with van der Waals surface area (Å²) in [6, 6.07) is 12.6. The van der Waals surface area contributed by atoms with Gasteiger partial charge in [0.1, 0.15) is 17.7 Å². The summed E-state index contributed by atoms with van der Waals surface area (Å²) in [7, 11) is 1.82. The van der Waals surface area contributed by atoms with Gasteiger partial charge in [-0.05, 0) is 24.3 Å². The van der Waals surface area contributed by atoms with Crippen LogP contribution >= 0.6 is 0 Å². The zero-order chi connectivity index (χ0) is 22.5. The molecule has 1 saturated heterocycles. The molecule has 3 aromatic rings. The molecule has 2 aromatic carbocycles. The van der Waals surface area contributed by atoms with Gasteiger partial charge >= 0.3 is 0 Å². The van der Waals surface area contributed by atoms with Gasteiger partial charge < -0.3 is 19.7 Å². The molecule has 0 saturated carbocycles. The van der Waals surface area contributed by atoms with Crippen molar-refractivity contribution in [2.75, 3.05) is 31.6 Å². The molecule has 1 aromatic heterocycles. The topological polar surface area (TPSA) is 85.7 Å². The minimum Gasteiger partial charge on any atom is -0.483 e. The zero-order valence-electron chi connectivity index (χ0n) is 17.5. The second kappa shape index (κ2) is 9.61. The third-order valence-electron chi connectivity index (χ3n) is 5.07. The highest BCUT2D eigenvalue weighted by Crippen LogP contribution is 2.26. The summed E-state index contributed by atoms with van der Waals surface area (Å²) in [5, 5.41) is 6.62. The van der Waals surface area contributed by atoms with E-state index < -0.39 is 11.7 Å². The first-order chi connectivity index (χ1) is 15.5. The predicted molar refractivity (Wildman–Crippen MR) is 115 cm³/mol. The van der Waals surface area contributed by atoms with Crippen LogP contribution in [0.4, 0.5) is 10.1 Å². The Morgan fingerprint density at radius 3 is 2.78 bits per heavy atom. The SMILES string of the molecule is Cn1cc([C@H]2CN(C(=O)c3ccccc3OCC(=O)Nc3ccccc3F)CCO2)cn1. The summed E-state index contributed by atoms with van der Waals surface area (Å²) >= 11 is 0. The van der Waals surface area contributed by atoms with Crippen LogP contribution in [0.1, 0.15) is 22.0 Å². The van der Waals surface area contributed by atoms with Gasteiger partial charge in [-0.1, -0.05) is 24.3 Å². The van der Waals surface area contributed by atoms with Crippen molar-refractivity contribution in [1.82, 2.24) is 14.7 Å². The van der Waals surface area contributed by atoms with Crippen molar-refractivity contribution >= 4 is 17.5 Å². The molecule has 2 heterocycles. The van der Waals surface area contributed by atoms with Crippen LogP contribution in [0.25, 0.3) is 0 Å². The number of carbonyl (C=O) groups excluding carboxylic acids is 2. The quantitative estimate of drug-likeness (QED) is 0.640. The maximum atomic E-state index is 13.7. The summed E-state index contributed by atoms with van der Waals surface area (Å²) in [5.74, 6) is -0.995. The third kappa shape index (κ3) is 4.94. The largest absolute Gasteiger partial charge is 0.483 e. The van der Waals surface area contributed by atoms with Crippen LogP contribution in [0.3, 0.4) is 0 Å². The second-order valence-electron chi connectivity index (χ2n) is 7.37. The van der Waals surface area contributed by atoms with Crippen LogP contribution in [-0.2, 0) is 16.6 Å². The Kier molecular flexibility index (Phi) is 6.46. The van der Waals surface area contributed by atoms with Gasteiger partial charge in [0.15, 0.2) is 6.61 Å². The molecule has 0 spiro atoms. The molecule has 32 heavy (non-hydrogen) atoms. The number of para-hydroxylation sites is 2. The number of nitrogens with one attached hydrogen (secondary N) is 1. The lowest BCUT2D eigenvalue weighted by atomic mass is 10.1. The Morgan fingerprint density at radius 2 is 2.00 bits per heavy atom. The number of rotatable bonds is 6. The minimum absolute atomic E-state index is 0.0696. The number of aromatic nitrogens is 2. The molecule has 1 aliphatic rings. The van der Waals surface area contributed by atoms with Gasteiger partial charge in [0, 0.05) is 25.4 Å². The lowest BCUT2D eigenvalue weighted by Crippen LogP contribution is -2.42. The molecule has 1 fully saturated rings. The number of halogens is 1. The van der Waals surface area contributed by atoms with Crippen molar-refractivity contribution in [2.24, 2.45) is 7.05 Å². The number of morpholine rings is 1. The van der Waals surface area contributed by atoms with Crippen LogP contribution in [0, 0.1) is 5.82 Å². The van der Waals surface area contributed by atoms with Gasteiger partial charge in [-0.3, -0.25) is 14.3 Å². The first kappa shape index (κ1) is 21.5. The fourth-order valence-corrected chi connectivity index (χ4v) is 3.47. The molecule has 2 amide bonds. The van der Waals surface area contributed by atoms with E-state index >= 15 is 0 Å². The van der Waals surface area contributed by atoms with Crippen molar-refractivity contribution in [3.63, 3.8) is 0 Å². The van der Waals surface area contributed by atoms with Crippen LogP contribution in [0.15, 0.2) is 60.9 Å². The summed E-state index contributed by atoms with van der Waals surface area (Å²) in [6.07, 6.45) is 3.33. The molecule has 1 aliphatic heterocycles. The van der Waals surface area contributed by atoms with Crippen molar-refractivity contribution in [3.05, 3.63) is 77.9 Å². The number of aryl methyl sites for hydroxylation is 1. The minimum atomic E-state index is -0.535. The molecule has 8 nitrogen and oxygen atoms in total. The van der Waals surface area contributed by atoms with Crippen LogP contribution in [0.2, 0.25) is 0 Å². The van der Waals surface area contributed by atoms with Gasteiger partial charge in [0.2, 0.25) is 0 Å². The summed E-state index contributed by atoms with van der Waals surface area (Å²) in [4.78, 5) is 27.1. The predicted octanol–water partition coefficient (Wildman–Crippen LogP) is 2.79. The summed E-state index contributed by atoms with van der Waals surface area (Å²) in [6.45, 7) is 0.865. The zero-order valence-corrected chi connectivity index (χ0v) is 17.5. The van der Waals surface area contributed by atoms with Gasteiger partial charge in [0.05, 0.1) is 30.6 Å². The van der Waals surface area contributed by atoms with Gasteiger partial charge in [0.25, 0.3) is 11.8 Å². The molecular formula is C23H23FN4O4. The van der Waals surface area contributed by atoms with Crippen LogP contribution in [-0.4, -0.2) is 52.8 Å². The number of carbonyl (C=O) groups is 2. The number of anilines is 1. The average molecular weight is 438 g/mol. The number of hydrogen-bond acceptors (Lipinski definition) is 5. The molecule has 9 heteroatoms. The first-order valence-corrected chi connectivity index (χ1v) is 10.2. The maximum absolute atomic E-state index is 13.7. The Labute approximate surface area is 184 Å². The normalized spacial score (nSPS) is 15.9. The molecule has 4 rings (SSSR count). The van der Waals surface area contributed by atoms with E-state index in [-0.39, 0.29) is 30.1 Å². The fraction of sp³-hybridized carbons (Fsp3) is 0.261. The van der Waals surface area contributed by atoms with Crippen molar-refractivity contribution < 1.29 is 23.5 Å². The molecule has 0 aliphatic carbocycles. The fourth-order valence-electron chi connectivity index (χ4n) is 3.47. The summed E-state index contributed by atoms with van der Waals surface area (Å²) in [5.41, 5.74) is 1.32. The number of ether oxygens (including phenoxy) is 2. The Bertz CT molecular complexity index is 1120. The Morgan fingerprint density at radius 1 is 1.22 bits per heavy atom. The lowest BCUT2D eigenvalue weighted by Gasteiger charge is -2.33. The van der Waals surface area contributed by atoms with E-state index in [4.69, 9.17) is 9.47 Å². The van der Waals surface area contributed by atoms with Crippen molar-refractivity contribution in [3.8, 4) is 5.75 Å². The smallest absolute Gasteiger partial charge is 0.262 e. The van der Waals surface area contributed by atoms with E-state index in [1.807, 2.05) is 13.2 Å². The number of benzene rings is 2. The van der Waals surface area contributed by atoms with E-state index in [1.54, 1.807) is 46.1 Å². The summed E-state index contributed by atoms with van der Waals surface area (Å²) < 4.78 is 26.8. The van der Waals surface area contributed by atoms with E-state index in [0.717, 1.165) is 5.56 Å². The highest BCUT2D eigenvalue weighted by Gasteiger charge is 2.28.